The van der Waals surface area contributed by atoms with Gasteiger partial charge in [-0.1, -0.05) is 0 Å². The Morgan fingerprint density at radius 2 is 2.10 bits per heavy atom. The molecule has 114 valence electrons. The van der Waals surface area contributed by atoms with E-state index in [2.05, 4.69) is 14.5 Å². The van der Waals surface area contributed by atoms with E-state index < -0.39 is 10.8 Å². The topological polar surface area (TPSA) is 57.0 Å². The molecule has 0 saturated carbocycles. The molecule has 0 spiro atoms. The highest BCUT2D eigenvalue weighted by Gasteiger charge is 2.26. The van der Waals surface area contributed by atoms with Crippen molar-refractivity contribution >= 4 is 33.6 Å². The van der Waals surface area contributed by atoms with E-state index in [9.17, 15) is 4.21 Å². The quantitative estimate of drug-likeness (QED) is 0.813. The number of rotatable bonds is 3. The lowest BCUT2D eigenvalue weighted by atomic mass is 10.1. The summed E-state index contributed by atoms with van der Waals surface area (Å²) >= 11 is 6.30. The smallest absolute Gasteiger partial charge is 0.215 e. The average Bonchev–Trinajstić information content (AvgIpc) is 2.86. The van der Waals surface area contributed by atoms with Crippen LogP contribution in [0, 0.1) is 0 Å². The van der Waals surface area contributed by atoms with Gasteiger partial charge in [0.05, 0.1) is 12.5 Å². The van der Waals surface area contributed by atoms with E-state index in [-0.39, 0.29) is 11.4 Å². The molecule has 2 aromatic rings. The highest BCUT2D eigenvalue weighted by Crippen LogP contribution is 2.32. The Hall–Kier alpha value is -1.14. The molecule has 1 unspecified atom stereocenters. The van der Waals surface area contributed by atoms with Crippen LogP contribution in [-0.2, 0) is 10.8 Å². The third-order valence-corrected chi connectivity index (χ3v) is 5.40. The van der Waals surface area contributed by atoms with Gasteiger partial charge >= 0.3 is 0 Å². The van der Waals surface area contributed by atoms with Crippen LogP contribution in [0.1, 0.15) is 37.0 Å². The van der Waals surface area contributed by atoms with Gasteiger partial charge in [0.15, 0.2) is 5.65 Å². The number of fused-ring (bicyclic) bond motifs is 1. The number of halogens is 1. The summed E-state index contributed by atoms with van der Waals surface area (Å²) in [7, 11) is 0.910. The van der Waals surface area contributed by atoms with Crippen LogP contribution in [0.5, 0.6) is 5.88 Å². The summed E-state index contributed by atoms with van der Waals surface area (Å²) in [5, 5.41) is -0.197. The summed E-state index contributed by atoms with van der Waals surface area (Å²) in [6.45, 7) is 1.91. The summed E-state index contributed by atoms with van der Waals surface area (Å²) in [6, 6.07) is 3.96. The molecule has 0 N–H and O–H groups in total. The number of ether oxygens (including phenoxy) is 1. The Kier molecular flexibility index (Phi) is 4.17. The molecule has 3 rings (SSSR count). The molecule has 7 heteroatoms. The monoisotopic (exact) mass is 327 g/mol. The van der Waals surface area contributed by atoms with Crippen molar-refractivity contribution in [1.82, 2.24) is 14.5 Å². The van der Waals surface area contributed by atoms with Crippen LogP contribution in [-0.4, -0.2) is 37.4 Å². The maximum Gasteiger partial charge on any atom is 0.215 e. The van der Waals surface area contributed by atoms with Crippen molar-refractivity contribution < 1.29 is 8.95 Å². The third kappa shape index (κ3) is 2.79. The molecule has 1 atom stereocenters. The van der Waals surface area contributed by atoms with Crippen LogP contribution < -0.4 is 4.74 Å². The number of alkyl halides is 1. The summed E-state index contributed by atoms with van der Waals surface area (Å²) < 4.78 is 18.9. The van der Waals surface area contributed by atoms with Gasteiger partial charge in [0.1, 0.15) is 11.3 Å². The van der Waals surface area contributed by atoms with E-state index >= 15 is 0 Å². The largest absolute Gasteiger partial charge is 0.481 e. The van der Waals surface area contributed by atoms with Crippen molar-refractivity contribution in [3.8, 4) is 5.88 Å². The Balaban J connectivity index is 2.12. The molecule has 2 aromatic heterocycles. The van der Waals surface area contributed by atoms with E-state index in [0.29, 0.717) is 5.88 Å². The molecule has 1 aliphatic rings. The average molecular weight is 328 g/mol. The molecular weight excluding hydrogens is 310 g/mol. The lowest BCUT2D eigenvalue weighted by Gasteiger charge is -2.25. The van der Waals surface area contributed by atoms with Gasteiger partial charge in [0, 0.05) is 34.4 Å². The van der Waals surface area contributed by atoms with Crippen LogP contribution in [0.2, 0.25) is 0 Å². The number of pyridine rings is 1. The van der Waals surface area contributed by atoms with E-state index in [1.807, 2.05) is 13.0 Å². The molecule has 21 heavy (non-hydrogen) atoms. The minimum absolute atomic E-state index is 0.197. The molecule has 0 aliphatic carbocycles. The van der Waals surface area contributed by atoms with Crippen molar-refractivity contribution in [3.05, 3.63) is 18.0 Å². The van der Waals surface area contributed by atoms with Gasteiger partial charge in [-0.25, -0.2) is 4.98 Å². The molecule has 3 heterocycles. The first kappa shape index (κ1) is 14.8. The molecule has 0 aromatic carbocycles. The second kappa shape index (κ2) is 5.93. The predicted molar refractivity (Wildman–Crippen MR) is 84.5 cm³/mol. The highest BCUT2D eigenvalue weighted by molar-refractivity contribution is 7.85. The Labute approximate surface area is 131 Å². The molecular formula is C14H18ClN3O2S. The van der Waals surface area contributed by atoms with Crippen LogP contribution in [0.15, 0.2) is 12.1 Å². The summed E-state index contributed by atoms with van der Waals surface area (Å²) in [5.74, 6) is 2.84. The number of hydrogen-bond donors (Lipinski definition) is 0. The highest BCUT2D eigenvalue weighted by atomic mass is 35.5. The lowest BCUT2D eigenvalue weighted by Crippen LogP contribution is -2.23. The maximum atomic E-state index is 11.6. The number of aromatic nitrogens is 3. The molecule has 0 amide bonds. The zero-order valence-corrected chi connectivity index (χ0v) is 13.7. The number of hydrogen-bond acceptors (Lipinski definition) is 4. The predicted octanol–water partition coefficient (Wildman–Crippen LogP) is 2.82. The van der Waals surface area contributed by atoms with Gasteiger partial charge in [-0.3, -0.25) is 4.21 Å². The van der Waals surface area contributed by atoms with Crippen LogP contribution in [0.4, 0.5) is 0 Å². The van der Waals surface area contributed by atoms with Gasteiger partial charge in [-0.15, -0.1) is 11.6 Å². The molecule has 1 aliphatic heterocycles. The first-order chi connectivity index (χ1) is 10.1. The second-order valence-corrected chi connectivity index (χ2v) is 7.58. The van der Waals surface area contributed by atoms with Crippen molar-refractivity contribution in [1.29, 1.82) is 0 Å². The van der Waals surface area contributed by atoms with Crippen molar-refractivity contribution in [2.45, 2.75) is 31.2 Å². The van der Waals surface area contributed by atoms with Gasteiger partial charge < -0.3 is 9.30 Å². The van der Waals surface area contributed by atoms with Gasteiger partial charge in [-0.2, -0.15) is 4.98 Å². The second-order valence-electron chi connectivity index (χ2n) is 5.23. The minimum atomic E-state index is -0.691. The molecule has 5 nitrogen and oxygen atoms in total. The van der Waals surface area contributed by atoms with Crippen LogP contribution in [0.3, 0.4) is 0 Å². The number of methoxy groups -OCH3 is 1. The summed E-state index contributed by atoms with van der Waals surface area (Å²) in [5.41, 5.74) is 1.62. The van der Waals surface area contributed by atoms with E-state index in [0.717, 1.165) is 41.3 Å². The molecule has 1 fully saturated rings. The fourth-order valence-corrected chi connectivity index (χ4v) is 4.20. The van der Waals surface area contributed by atoms with Crippen LogP contribution in [0.25, 0.3) is 11.2 Å². The fraction of sp³-hybridized carbons (Fsp3) is 0.571. The number of nitrogens with zero attached hydrogens (tertiary/aromatic N) is 3. The van der Waals surface area contributed by atoms with Crippen molar-refractivity contribution in [2.24, 2.45) is 0 Å². The Bertz CT molecular complexity index is 676. The SMILES string of the molecule is COc1ccc2nc(C(C)Cl)n(C3CCS(=O)CC3)c2n1. The maximum absolute atomic E-state index is 11.6. The molecule has 0 bridgehead atoms. The number of imidazole rings is 1. The normalized spacial score (nSPS) is 24.1. The van der Waals surface area contributed by atoms with Gasteiger partial charge in [0.25, 0.3) is 0 Å². The van der Waals surface area contributed by atoms with E-state index in [1.54, 1.807) is 13.2 Å². The first-order valence-corrected chi connectivity index (χ1v) is 8.94. The minimum Gasteiger partial charge on any atom is -0.481 e. The summed E-state index contributed by atoms with van der Waals surface area (Å²) in [4.78, 5) is 9.15. The molecule has 1 saturated heterocycles. The zero-order valence-electron chi connectivity index (χ0n) is 12.1. The first-order valence-electron chi connectivity index (χ1n) is 7.02. The molecule has 0 radical (unpaired) electrons. The summed E-state index contributed by atoms with van der Waals surface area (Å²) in [6.07, 6.45) is 1.74. The van der Waals surface area contributed by atoms with Crippen LogP contribution >= 0.6 is 11.6 Å². The fourth-order valence-electron chi connectivity index (χ4n) is 2.77. The zero-order chi connectivity index (χ0) is 15.0. The Morgan fingerprint density at radius 1 is 1.38 bits per heavy atom. The standard InChI is InChI=1S/C14H18ClN3O2S/c1-9(15)13-16-11-3-4-12(20-2)17-14(11)18(13)10-5-7-21(19)8-6-10/h3-4,9-10H,5-8H2,1-2H3. The van der Waals surface area contributed by atoms with E-state index in [4.69, 9.17) is 16.3 Å². The van der Waals surface area contributed by atoms with Crippen molar-refractivity contribution in [3.63, 3.8) is 0 Å². The van der Waals surface area contributed by atoms with Gasteiger partial charge in [0.2, 0.25) is 5.88 Å². The lowest BCUT2D eigenvalue weighted by molar-refractivity contribution is 0.397. The third-order valence-electron chi connectivity index (χ3n) is 3.83. The van der Waals surface area contributed by atoms with Crippen molar-refractivity contribution in [2.75, 3.05) is 18.6 Å². The Morgan fingerprint density at radius 3 is 2.71 bits per heavy atom. The van der Waals surface area contributed by atoms with Gasteiger partial charge in [-0.05, 0) is 25.8 Å². The van der Waals surface area contributed by atoms with E-state index in [1.165, 1.54) is 0 Å².